The van der Waals surface area contributed by atoms with E-state index in [1.165, 1.54) is 4.88 Å². The number of ether oxygens (including phenoxy) is 1. The minimum absolute atomic E-state index is 0.0601. The van der Waals surface area contributed by atoms with Crippen molar-refractivity contribution in [3.63, 3.8) is 0 Å². The number of likely N-dealkylation sites (N-methyl/N-ethyl adjacent to an activating group) is 1. The highest BCUT2D eigenvalue weighted by Crippen LogP contribution is 2.34. The molecule has 1 N–H and O–H groups in total. The van der Waals surface area contributed by atoms with E-state index < -0.39 is 0 Å². The maximum Gasteiger partial charge on any atom is 0.253 e. The van der Waals surface area contributed by atoms with Crippen LogP contribution in [0.5, 0.6) is 0 Å². The molecule has 2 aromatic rings. The third-order valence-corrected chi connectivity index (χ3v) is 7.00. The average Bonchev–Trinajstić information content (AvgIpc) is 3.03. The molecule has 0 atom stereocenters. The Labute approximate surface area is 180 Å². The van der Waals surface area contributed by atoms with Gasteiger partial charge in [0, 0.05) is 40.7 Å². The van der Waals surface area contributed by atoms with E-state index in [2.05, 4.69) is 17.1 Å². The van der Waals surface area contributed by atoms with Gasteiger partial charge in [-0.1, -0.05) is 30.7 Å². The number of fused-ring (bicyclic) bond motifs is 1. The van der Waals surface area contributed by atoms with E-state index in [9.17, 15) is 9.59 Å². The molecular formula is C22H25ClN2O3S. The minimum atomic E-state index is -0.0601. The van der Waals surface area contributed by atoms with Gasteiger partial charge in [0.15, 0.2) is 0 Å². The smallest absolute Gasteiger partial charge is 0.253 e. The van der Waals surface area contributed by atoms with Crippen molar-refractivity contribution < 1.29 is 14.3 Å². The molecule has 1 amide bonds. The predicted molar refractivity (Wildman–Crippen MR) is 115 cm³/mol. The number of carbonyl (C=O) groups is 2. The first kappa shape index (κ1) is 20.5. The van der Waals surface area contributed by atoms with Crippen molar-refractivity contribution in [1.29, 1.82) is 0 Å². The molecule has 0 bridgehead atoms. The number of hydrogen-bond donors (Lipinski definition) is 1. The highest BCUT2D eigenvalue weighted by molar-refractivity contribution is 7.12. The number of amides is 1. The van der Waals surface area contributed by atoms with E-state index in [1.54, 1.807) is 23.5 Å². The normalized spacial score (nSPS) is 16.9. The van der Waals surface area contributed by atoms with Crippen LogP contribution in [-0.2, 0) is 35.3 Å². The van der Waals surface area contributed by atoms with Gasteiger partial charge in [-0.05, 0) is 36.2 Å². The summed E-state index contributed by atoms with van der Waals surface area (Å²) in [6, 6.07) is 7.43. The lowest BCUT2D eigenvalue weighted by Gasteiger charge is -2.28. The Balaban J connectivity index is 1.55. The standard InChI is InChI=1S/C22H25ClN2O3S/c1-2-25-8-7-18-20(11-25)29-19(21(18)22(27)24-16-12-28-13-16)10-17(26)9-14-3-5-15(23)6-4-14/h3-6,16H,2,7-13H2,1H3,(H,24,27). The summed E-state index contributed by atoms with van der Waals surface area (Å²) in [5.74, 6) is 0.0503. The van der Waals surface area contributed by atoms with Crippen LogP contribution in [0.15, 0.2) is 24.3 Å². The van der Waals surface area contributed by atoms with E-state index in [4.69, 9.17) is 16.3 Å². The molecule has 1 saturated heterocycles. The zero-order valence-electron chi connectivity index (χ0n) is 16.5. The number of nitrogens with zero attached hydrogens (tertiary/aromatic N) is 1. The monoisotopic (exact) mass is 432 g/mol. The molecule has 4 rings (SSSR count). The molecule has 0 radical (unpaired) electrons. The molecule has 5 nitrogen and oxygen atoms in total. The Morgan fingerprint density at radius 2 is 2.00 bits per heavy atom. The van der Waals surface area contributed by atoms with Crippen LogP contribution in [-0.4, -0.2) is 48.9 Å². The highest BCUT2D eigenvalue weighted by Gasteiger charge is 2.30. The van der Waals surface area contributed by atoms with Crippen molar-refractivity contribution in [2.24, 2.45) is 0 Å². The van der Waals surface area contributed by atoms with Crippen LogP contribution in [0.4, 0.5) is 0 Å². The number of rotatable bonds is 7. The first-order valence-electron chi connectivity index (χ1n) is 10.0. The van der Waals surface area contributed by atoms with E-state index in [1.807, 2.05) is 12.1 Å². The molecule has 0 unspecified atom stereocenters. The first-order valence-corrected chi connectivity index (χ1v) is 11.2. The third kappa shape index (κ3) is 4.72. The van der Waals surface area contributed by atoms with Gasteiger partial charge in [0.2, 0.25) is 0 Å². The van der Waals surface area contributed by atoms with Crippen molar-refractivity contribution in [2.75, 3.05) is 26.3 Å². The van der Waals surface area contributed by atoms with Gasteiger partial charge >= 0.3 is 0 Å². The second-order valence-corrected chi connectivity index (χ2v) is 9.27. The number of ketones is 1. The quantitative estimate of drug-likeness (QED) is 0.729. The molecule has 154 valence electrons. The lowest BCUT2D eigenvalue weighted by atomic mass is 9.98. The number of halogens is 1. The summed E-state index contributed by atoms with van der Waals surface area (Å²) in [7, 11) is 0. The van der Waals surface area contributed by atoms with Gasteiger partial charge in [-0.3, -0.25) is 14.5 Å². The number of hydrogen-bond acceptors (Lipinski definition) is 5. The molecule has 3 heterocycles. The van der Waals surface area contributed by atoms with Crippen LogP contribution >= 0.6 is 22.9 Å². The fourth-order valence-electron chi connectivity index (χ4n) is 3.82. The van der Waals surface area contributed by atoms with Crippen LogP contribution in [0.25, 0.3) is 0 Å². The summed E-state index contributed by atoms with van der Waals surface area (Å²) < 4.78 is 5.18. The van der Waals surface area contributed by atoms with Crippen LogP contribution < -0.4 is 5.32 Å². The Bertz CT molecular complexity index is 906. The Morgan fingerprint density at radius 1 is 1.24 bits per heavy atom. The summed E-state index contributed by atoms with van der Waals surface area (Å²) >= 11 is 7.56. The third-order valence-electron chi connectivity index (χ3n) is 5.53. The highest BCUT2D eigenvalue weighted by atomic mass is 35.5. The van der Waals surface area contributed by atoms with Gasteiger partial charge in [0.1, 0.15) is 5.78 Å². The maximum absolute atomic E-state index is 13.0. The summed E-state index contributed by atoms with van der Waals surface area (Å²) in [6.45, 7) is 6.07. The van der Waals surface area contributed by atoms with Crippen molar-refractivity contribution in [2.45, 2.75) is 38.8 Å². The zero-order valence-corrected chi connectivity index (χ0v) is 18.1. The summed E-state index contributed by atoms with van der Waals surface area (Å²) in [5.41, 5.74) is 2.80. The molecule has 1 fully saturated rings. The second kappa shape index (κ2) is 8.96. The fraction of sp³-hybridized carbons (Fsp3) is 0.455. The summed E-state index contributed by atoms with van der Waals surface area (Å²) in [6.07, 6.45) is 1.49. The molecular weight excluding hydrogens is 408 g/mol. The second-order valence-electron chi connectivity index (χ2n) is 7.65. The van der Waals surface area contributed by atoms with E-state index in [0.29, 0.717) is 24.7 Å². The van der Waals surface area contributed by atoms with Crippen LogP contribution in [0.2, 0.25) is 5.02 Å². The molecule has 29 heavy (non-hydrogen) atoms. The van der Waals surface area contributed by atoms with Crippen LogP contribution in [0, 0.1) is 0 Å². The molecule has 1 aromatic carbocycles. The Morgan fingerprint density at radius 3 is 2.66 bits per heavy atom. The van der Waals surface area contributed by atoms with Gasteiger partial charge in [-0.15, -0.1) is 11.3 Å². The predicted octanol–water partition coefficient (Wildman–Crippen LogP) is 3.26. The molecule has 1 aromatic heterocycles. The van der Waals surface area contributed by atoms with Gasteiger partial charge < -0.3 is 10.1 Å². The van der Waals surface area contributed by atoms with Crippen LogP contribution in [0.3, 0.4) is 0 Å². The number of Topliss-reactive ketones (excluding diaryl/α,β-unsaturated/α-hetero) is 1. The zero-order chi connectivity index (χ0) is 20.4. The number of nitrogens with one attached hydrogen (secondary N) is 1. The number of benzene rings is 1. The topological polar surface area (TPSA) is 58.6 Å². The molecule has 7 heteroatoms. The Hall–Kier alpha value is -1.73. The van der Waals surface area contributed by atoms with Crippen molar-refractivity contribution in [1.82, 2.24) is 10.2 Å². The van der Waals surface area contributed by atoms with Gasteiger partial charge in [-0.25, -0.2) is 0 Å². The van der Waals surface area contributed by atoms with E-state index in [-0.39, 0.29) is 24.2 Å². The first-order chi connectivity index (χ1) is 14.0. The molecule has 2 aliphatic heterocycles. The Kier molecular flexibility index (Phi) is 6.35. The largest absolute Gasteiger partial charge is 0.377 e. The van der Waals surface area contributed by atoms with Crippen LogP contribution in [0.1, 0.15) is 38.2 Å². The number of carbonyl (C=O) groups excluding carboxylic acids is 2. The van der Waals surface area contributed by atoms with Gasteiger partial charge in [0.05, 0.1) is 24.8 Å². The van der Waals surface area contributed by atoms with E-state index in [0.717, 1.165) is 47.6 Å². The lowest BCUT2D eigenvalue weighted by molar-refractivity contribution is -0.117. The summed E-state index contributed by atoms with van der Waals surface area (Å²) in [4.78, 5) is 30.3. The minimum Gasteiger partial charge on any atom is -0.377 e. The van der Waals surface area contributed by atoms with E-state index >= 15 is 0 Å². The maximum atomic E-state index is 13.0. The fourth-order valence-corrected chi connectivity index (χ4v) is 5.37. The number of thiophene rings is 1. The summed E-state index contributed by atoms with van der Waals surface area (Å²) in [5, 5.41) is 3.73. The SMILES string of the molecule is CCN1CCc2c(sc(CC(=O)Cc3ccc(Cl)cc3)c2C(=O)NC2COC2)C1. The van der Waals surface area contributed by atoms with Crippen molar-refractivity contribution in [3.05, 3.63) is 55.7 Å². The molecule has 0 spiro atoms. The average molecular weight is 433 g/mol. The molecule has 0 saturated carbocycles. The van der Waals surface area contributed by atoms with Gasteiger partial charge in [0.25, 0.3) is 5.91 Å². The molecule has 2 aliphatic rings. The van der Waals surface area contributed by atoms with Crippen molar-refractivity contribution >= 4 is 34.6 Å². The van der Waals surface area contributed by atoms with Crippen molar-refractivity contribution in [3.8, 4) is 0 Å². The lowest BCUT2D eigenvalue weighted by Crippen LogP contribution is -2.49. The van der Waals surface area contributed by atoms with Gasteiger partial charge in [-0.2, -0.15) is 0 Å². The molecule has 0 aliphatic carbocycles.